The van der Waals surface area contributed by atoms with Crippen molar-refractivity contribution in [3.05, 3.63) is 35.9 Å². The van der Waals surface area contributed by atoms with Crippen molar-refractivity contribution in [2.45, 2.75) is 19.3 Å². The highest BCUT2D eigenvalue weighted by Gasteiger charge is 2.14. The van der Waals surface area contributed by atoms with Crippen LogP contribution in [0.4, 0.5) is 0 Å². The Labute approximate surface area is 99.3 Å². The minimum Gasteiger partial charge on any atom is -0.508 e. The van der Waals surface area contributed by atoms with Gasteiger partial charge in [-0.2, -0.15) is 0 Å². The molecule has 0 aliphatic rings. The molecule has 0 heterocycles. The monoisotopic (exact) mass is 230 g/mol. The number of carbonyl (C=O) groups excluding carboxylic acids is 1. The highest BCUT2D eigenvalue weighted by atomic mass is 16.3. The summed E-state index contributed by atoms with van der Waals surface area (Å²) in [7, 11) is 0. The van der Waals surface area contributed by atoms with Gasteiger partial charge in [-0.1, -0.05) is 19.1 Å². The topological polar surface area (TPSA) is 57.5 Å². The first-order valence-electron chi connectivity index (χ1n) is 5.51. The van der Waals surface area contributed by atoms with E-state index < -0.39 is 0 Å². The molecule has 17 heavy (non-hydrogen) atoms. The number of aromatic hydroxyl groups is 2. The number of rotatable bonds is 3. The zero-order chi connectivity index (χ0) is 12.4. The van der Waals surface area contributed by atoms with Crippen LogP contribution in [0.5, 0.6) is 11.5 Å². The van der Waals surface area contributed by atoms with Gasteiger partial charge >= 0.3 is 0 Å². The number of hydrogen-bond donors (Lipinski definition) is 2. The van der Waals surface area contributed by atoms with E-state index in [0.717, 1.165) is 17.1 Å². The number of benzene rings is 2. The third kappa shape index (κ3) is 2.09. The van der Waals surface area contributed by atoms with E-state index >= 15 is 0 Å². The lowest BCUT2D eigenvalue weighted by Gasteiger charge is -2.14. The second-order valence-corrected chi connectivity index (χ2v) is 4.21. The maximum atomic E-state index is 10.6. The molecule has 0 bridgehead atoms. The third-order valence-electron chi connectivity index (χ3n) is 2.97. The largest absolute Gasteiger partial charge is 0.508 e. The summed E-state index contributed by atoms with van der Waals surface area (Å²) in [4.78, 5) is 10.6. The first kappa shape index (κ1) is 11.5. The minimum atomic E-state index is -0.0713. The molecule has 3 nitrogen and oxygen atoms in total. The Morgan fingerprint density at radius 3 is 2.65 bits per heavy atom. The first-order valence-corrected chi connectivity index (χ1v) is 5.51. The molecule has 88 valence electrons. The highest BCUT2D eigenvalue weighted by molar-refractivity contribution is 5.89. The summed E-state index contributed by atoms with van der Waals surface area (Å²) >= 11 is 0. The molecule has 3 heteroatoms. The molecule has 0 spiro atoms. The molecule has 2 aromatic carbocycles. The van der Waals surface area contributed by atoms with Crippen LogP contribution in [-0.2, 0) is 4.79 Å². The molecule has 0 aliphatic heterocycles. The minimum absolute atomic E-state index is 0.0713. The molecule has 0 radical (unpaired) electrons. The third-order valence-corrected chi connectivity index (χ3v) is 2.97. The van der Waals surface area contributed by atoms with E-state index in [1.54, 1.807) is 30.3 Å². The van der Waals surface area contributed by atoms with E-state index in [1.807, 2.05) is 6.92 Å². The summed E-state index contributed by atoms with van der Waals surface area (Å²) < 4.78 is 0. The summed E-state index contributed by atoms with van der Waals surface area (Å²) in [5.41, 5.74) is 0.713. The molecule has 1 unspecified atom stereocenters. The van der Waals surface area contributed by atoms with Crippen LogP contribution in [-0.4, -0.2) is 16.5 Å². The quantitative estimate of drug-likeness (QED) is 0.797. The van der Waals surface area contributed by atoms with Crippen molar-refractivity contribution in [1.29, 1.82) is 0 Å². The molecular weight excluding hydrogens is 216 g/mol. The first-order chi connectivity index (χ1) is 8.13. The van der Waals surface area contributed by atoms with E-state index in [9.17, 15) is 15.0 Å². The fourth-order valence-electron chi connectivity index (χ4n) is 2.10. The summed E-state index contributed by atoms with van der Waals surface area (Å²) in [6.07, 6.45) is 1.19. The Kier molecular flexibility index (Phi) is 3.00. The van der Waals surface area contributed by atoms with Crippen molar-refractivity contribution < 1.29 is 15.0 Å². The van der Waals surface area contributed by atoms with Crippen LogP contribution in [0, 0.1) is 0 Å². The van der Waals surface area contributed by atoms with Crippen molar-refractivity contribution in [1.82, 2.24) is 0 Å². The summed E-state index contributed by atoms with van der Waals surface area (Å²) in [5, 5.41) is 21.1. The molecule has 0 aromatic heterocycles. The maximum absolute atomic E-state index is 10.6. The van der Waals surface area contributed by atoms with Gasteiger partial charge in [0.05, 0.1) is 0 Å². The van der Waals surface area contributed by atoms with E-state index in [4.69, 9.17) is 0 Å². The van der Waals surface area contributed by atoms with Crippen molar-refractivity contribution in [3.63, 3.8) is 0 Å². The lowest BCUT2D eigenvalue weighted by molar-refractivity contribution is -0.108. The van der Waals surface area contributed by atoms with Gasteiger partial charge in [0.15, 0.2) is 0 Å². The van der Waals surface area contributed by atoms with Gasteiger partial charge in [-0.25, -0.2) is 0 Å². The van der Waals surface area contributed by atoms with Crippen LogP contribution in [0.1, 0.15) is 24.8 Å². The average Bonchev–Trinajstić information content (AvgIpc) is 2.28. The number of hydrogen-bond acceptors (Lipinski definition) is 3. The van der Waals surface area contributed by atoms with Gasteiger partial charge in [-0.15, -0.1) is 0 Å². The van der Waals surface area contributed by atoms with Gasteiger partial charge in [0.25, 0.3) is 0 Å². The number of phenolic OH excluding ortho intramolecular Hbond substituents is 2. The summed E-state index contributed by atoms with van der Waals surface area (Å²) in [6, 6.07) is 8.43. The van der Waals surface area contributed by atoms with Crippen molar-refractivity contribution >= 4 is 17.1 Å². The average molecular weight is 230 g/mol. The Bertz CT molecular complexity index is 555. The fourth-order valence-corrected chi connectivity index (χ4v) is 2.10. The molecule has 2 rings (SSSR count). The van der Waals surface area contributed by atoms with Crippen LogP contribution in [0.25, 0.3) is 10.8 Å². The van der Waals surface area contributed by atoms with Crippen LogP contribution in [0.3, 0.4) is 0 Å². The standard InChI is InChI=1S/C14H14O3/c1-9(6-7-15)14-12-8-11(16)4-2-10(12)3-5-13(14)17/h2-5,7-9,16-17H,6H2,1H3. The predicted molar refractivity (Wildman–Crippen MR) is 66.4 cm³/mol. The van der Waals surface area contributed by atoms with Crippen molar-refractivity contribution in [2.75, 3.05) is 0 Å². The van der Waals surface area contributed by atoms with Gasteiger partial charge in [0.2, 0.25) is 0 Å². The molecule has 1 atom stereocenters. The number of fused-ring (bicyclic) bond motifs is 1. The highest BCUT2D eigenvalue weighted by Crippen LogP contribution is 2.35. The van der Waals surface area contributed by atoms with Crippen molar-refractivity contribution in [3.8, 4) is 11.5 Å². The Hall–Kier alpha value is -2.03. The number of aldehydes is 1. The fraction of sp³-hybridized carbons (Fsp3) is 0.214. The Balaban J connectivity index is 2.69. The summed E-state index contributed by atoms with van der Waals surface area (Å²) in [5.74, 6) is 0.248. The van der Waals surface area contributed by atoms with Crippen LogP contribution in [0.15, 0.2) is 30.3 Å². The molecule has 0 fully saturated rings. The van der Waals surface area contributed by atoms with Gasteiger partial charge in [-0.05, 0) is 34.9 Å². The van der Waals surface area contributed by atoms with Crippen LogP contribution < -0.4 is 0 Å². The van der Waals surface area contributed by atoms with Gasteiger partial charge in [0.1, 0.15) is 17.8 Å². The molecule has 0 saturated heterocycles. The summed E-state index contributed by atoms with van der Waals surface area (Å²) in [6.45, 7) is 1.88. The van der Waals surface area contributed by atoms with Crippen LogP contribution >= 0.6 is 0 Å². The lowest BCUT2D eigenvalue weighted by Crippen LogP contribution is -1.96. The van der Waals surface area contributed by atoms with E-state index in [-0.39, 0.29) is 17.4 Å². The molecule has 0 aliphatic carbocycles. The normalized spacial score (nSPS) is 12.5. The Morgan fingerprint density at radius 1 is 1.24 bits per heavy atom. The molecular formula is C14H14O3. The maximum Gasteiger partial charge on any atom is 0.120 e. The zero-order valence-corrected chi connectivity index (χ0v) is 9.55. The molecule has 0 saturated carbocycles. The zero-order valence-electron chi connectivity index (χ0n) is 9.55. The van der Waals surface area contributed by atoms with Gasteiger partial charge < -0.3 is 15.0 Å². The molecule has 2 N–H and O–H groups in total. The van der Waals surface area contributed by atoms with E-state index in [2.05, 4.69) is 0 Å². The predicted octanol–water partition coefficient (Wildman–Crippen LogP) is 2.94. The van der Waals surface area contributed by atoms with Gasteiger partial charge in [-0.3, -0.25) is 0 Å². The number of carbonyl (C=O) groups is 1. The van der Waals surface area contributed by atoms with E-state index in [1.165, 1.54) is 0 Å². The molecule has 0 amide bonds. The van der Waals surface area contributed by atoms with Gasteiger partial charge in [0, 0.05) is 12.0 Å². The smallest absolute Gasteiger partial charge is 0.120 e. The number of phenols is 2. The van der Waals surface area contributed by atoms with Crippen molar-refractivity contribution in [2.24, 2.45) is 0 Å². The van der Waals surface area contributed by atoms with E-state index in [0.29, 0.717) is 12.0 Å². The molecule has 2 aromatic rings. The lowest BCUT2D eigenvalue weighted by atomic mass is 9.92. The SMILES string of the molecule is CC(CC=O)c1c(O)ccc2ccc(O)cc12. The Morgan fingerprint density at radius 2 is 1.94 bits per heavy atom. The second kappa shape index (κ2) is 4.45. The second-order valence-electron chi connectivity index (χ2n) is 4.21. The van der Waals surface area contributed by atoms with Crippen LogP contribution in [0.2, 0.25) is 0 Å².